The molecular weight excluding hydrogens is 378 g/mol. The first-order valence-corrected chi connectivity index (χ1v) is 7.97. The maximum atomic E-state index is 13.1. The standard InChI is InChI=1S/C20H13F4NO3/c21-14-4-6-15(7-5-14)25-18-11-13(3-10-17(18)19(26)27)12-1-8-16(9-2-12)28-20(22,23)24/h1-11,25H,(H,26,27). The zero-order valence-corrected chi connectivity index (χ0v) is 14.1. The van der Waals surface area contributed by atoms with E-state index in [0.29, 0.717) is 16.8 Å². The van der Waals surface area contributed by atoms with Gasteiger partial charge >= 0.3 is 12.3 Å². The monoisotopic (exact) mass is 391 g/mol. The molecule has 0 aliphatic rings. The number of nitrogens with one attached hydrogen (secondary N) is 1. The van der Waals surface area contributed by atoms with Crippen LogP contribution in [0.3, 0.4) is 0 Å². The van der Waals surface area contributed by atoms with Crippen LogP contribution < -0.4 is 10.1 Å². The molecule has 0 saturated heterocycles. The number of halogens is 4. The zero-order valence-electron chi connectivity index (χ0n) is 14.1. The van der Waals surface area contributed by atoms with Crippen molar-refractivity contribution in [1.82, 2.24) is 0 Å². The molecule has 0 aromatic heterocycles. The number of aromatic carboxylic acids is 1. The average molecular weight is 391 g/mol. The van der Waals surface area contributed by atoms with Crippen molar-refractivity contribution in [3.05, 3.63) is 78.1 Å². The van der Waals surface area contributed by atoms with Gasteiger partial charge in [0.2, 0.25) is 0 Å². The minimum Gasteiger partial charge on any atom is -0.478 e. The first-order valence-electron chi connectivity index (χ1n) is 7.97. The number of alkyl halides is 3. The molecule has 0 unspecified atom stereocenters. The van der Waals surface area contributed by atoms with Gasteiger partial charge in [0.15, 0.2) is 0 Å². The molecule has 3 aromatic carbocycles. The summed E-state index contributed by atoms with van der Waals surface area (Å²) >= 11 is 0. The molecule has 28 heavy (non-hydrogen) atoms. The highest BCUT2D eigenvalue weighted by Crippen LogP contribution is 2.30. The Bertz CT molecular complexity index is 984. The lowest BCUT2D eigenvalue weighted by molar-refractivity contribution is -0.274. The molecule has 3 rings (SSSR count). The van der Waals surface area contributed by atoms with Crippen molar-refractivity contribution < 1.29 is 32.2 Å². The first kappa shape index (κ1) is 19.2. The van der Waals surface area contributed by atoms with E-state index in [4.69, 9.17) is 0 Å². The summed E-state index contributed by atoms with van der Waals surface area (Å²) in [5.74, 6) is -1.95. The largest absolute Gasteiger partial charge is 0.573 e. The molecule has 2 N–H and O–H groups in total. The Morgan fingerprint density at radius 3 is 2.07 bits per heavy atom. The fourth-order valence-corrected chi connectivity index (χ4v) is 2.55. The first-order chi connectivity index (χ1) is 13.2. The molecule has 0 aliphatic carbocycles. The van der Waals surface area contributed by atoms with Gasteiger partial charge in [0.25, 0.3) is 0 Å². The van der Waals surface area contributed by atoms with Gasteiger partial charge in [-0.1, -0.05) is 18.2 Å². The van der Waals surface area contributed by atoms with Crippen molar-refractivity contribution in [1.29, 1.82) is 0 Å². The molecule has 144 valence electrons. The highest BCUT2D eigenvalue weighted by atomic mass is 19.4. The van der Waals surface area contributed by atoms with Crippen LogP contribution >= 0.6 is 0 Å². The molecule has 0 atom stereocenters. The Kier molecular flexibility index (Phi) is 5.21. The fourth-order valence-electron chi connectivity index (χ4n) is 2.55. The lowest BCUT2D eigenvalue weighted by Gasteiger charge is -2.13. The van der Waals surface area contributed by atoms with Crippen molar-refractivity contribution in [2.75, 3.05) is 5.32 Å². The van der Waals surface area contributed by atoms with Gasteiger partial charge in [0.05, 0.1) is 11.3 Å². The normalized spacial score (nSPS) is 11.1. The van der Waals surface area contributed by atoms with Crippen molar-refractivity contribution in [3.8, 4) is 16.9 Å². The van der Waals surface area contributed by atoms with Gasteiger partial charge < -0.3 is 15.2 Å². The van der Waals surface area contributed by atoms with E-state index in [0.717, 1.165) is 0 Å². The predicted molar refractivity (Wildman–Crippen MR) is 95.2 cm³/mol. The molecule has 0 bridgehead atoms. The summed E-state index contributed by atoms with van der Waals surface area (Å²) in [6, 6.07) is 15.0. The summed E-state index contributed by atoms with van der Waals surface area (Å²) < 4.78 is 53.7. The average Bonchev–Trinajstić information content (AvgIpc) is 2.63. The fraction of sp³-hybridized carbons (Fsp3) is 0.0500. The van der Waals surface area contributed by atoms with Crippen LogP contribution in [0.5, 0.6) is 5.75 Å². The lowest BCUT2D eigenvalue weighted by Crippen LogP contribution is -2.16. The summed E-state index contributed by atoms with van der Waals surface area (Å²) in [7, 11) is 0. The maximum Gasteiger partial charge on any atom is 0.573 e. The molecule has 0 fully saturated rings. The SMILES string of the molecule is O=C(O)c1ccc(-c2ccc(OC(F)(F)F)cc2)cc1Nc1ccc(F)cc1. The smallest absolute Gasteiger partial charge is 0.478 e. The predicted octanol–water partition coefficient (Wildman–Crippen LogP) is 5.83. The van der Waals surface area contributed by atoms with Gasteiger partial charge in [0.1, 0.15) is 11.6 Å². The summed E-state index contributed by atoms with van der Waals surface area (Å²) in [6.07, 6.45) is -4.78. The Balaban J connectivity index is 1.92. The highest BCUT2D eigenvalue weighted by molar-refractivity contribution is 5.96. The number of ether oxygens (including phenoxy) is 1. The van der Waals surface area contributed by atoms with Crippen molar-refractivity contribution in [2.45, 2.75) is 6.36 Å². The van der Waals surface area contributed by atoms with E-state index in [-0.39, 0.29) is 17.0 Å². The van der Waals surface area contributed by atoms with Gasteiger partial charge in [-0.25, -0.2) is 9.18 Å². The maximum absolute atomic E-state index is 13.1. The molecule has 4 nitrogen and oxygen atoms in total. The highest BCUT2D eigenvalue weighted by Gasteiger charge is 2.30. The molecule has 3 aromatic rings. The third kappa shape index (κ3) is 4.79. The van der Waals surface area contributed by atoms with Gasteiger partial charge in [-0.3, -0.25) is 0 Å². The van der Waals surface area contributed by atoms with E-state index >= 15 is 0 Å². The minimum atomic E-state index is -4.78. The van der Waals surface area contributed by atoms with Crippen LogP contribution in [0.15, 0.2) is 66.7 Å². The van der Waals surface area contributed by atoms with E-state index < -0.39 is 18.1 Å². The van der Waals surface area contributed by atoms with E-state index in [1.165, 1.54) is 54.6 Å². The Hall–Kier alpha value is -3.55. The summed E-state index contributed by atoms with van der Waals surface area (Å²) in [4.78, 5) is 11.5. The number of carboxylic acids is 1. The topological polar surface area (TPSA) is 58.6 Å². The summed E-state index contributed by atoms with van der Waals surface area (Å²) in [5, 5.41) is 12.3. The van der Waals surface area contributed by atoms with Crippen molar-refractivity contribution in [3.63, 3.8) is 0 Å². The van der Waals surface area contributed by atoms with Crippen LogP contribution in [-0.2, 0) is 0 Å². The quantitative estimate of drug-likeness (QED) is 0.537. The molecule has 8 heteroatoms. The molecule has 0 radical (unpaired) electrons. The molecule has 0 heterocycles. The zero-order chi connectivity index (χ0) is 20.3. The van der Waals surface area contributed by atoms with Crippen LogP contribution in [0.2, 0.25) is 0 Å². The second kappa shape index (κ2) is 7.59. The lowest BCUT2D eigenvalue weighted by atomic mass is 10.0. The van der Waals surface area contributed by atoms with Crippen LogP contribution in [-0.4, -0.2) is 17.4 Å². The van der Waals surface area contributed by atoms with Crippen LogP contribution in [0.4, 0.5) is 28.9 Å². The van der Waals surface area contributed by atoms with Gasteiger partial charge in [-0.15, -0.1) is 13.2 Å². The summed E-state index contributed by atoms with van der Waals surface area (Å²) in [5.41, 5.74) is 1.87. The summed E-state index contributed by atoms with van der Waals surface area (Å²) in [6.45, 7) is 0. The van der Waals surface area contributed by atoms with E-state index in [1.807, 2.05) is 0 Å². The molecule has 0 spiro atoms. The number of anilines is 2. The Morgan fingerprint density at radius 1 is 0.893 bits per heavy atom. The van der Waals surface area contributed by atoms with Crippen LogP contribution in [0.1, 0.15) is 10.4 Å². The van der Waals surface area contributed by atoms with Gasteiger partial charge in [-0.2, -0.15) is 0 Å². The number of benzene rings is 3. The van der Waals surface area contributed by atoms with E-state index in [9.17, 15) is 27.5 Å². The number of rotatable bonds is 5. The van der Waals surface area contributed by atoms with Crippen LogP contribution in [0.25, 0.3) is 11.1 Å². The second-order valence-electron chi connectivity index (χ2n) is 5.77. The third-order valence-electron chi connectivity index (χ3n) is 3.79. The number of hydrogen-bond donors (Lipinski definition) is 2. The second-order valence-corrected chi connectivity index (χ2v) is 5.77. The number of carboxylic acid groups (broad SMARTS) is 1. The van der Waals surface area contributed by atoms with Gasteiger partial charge in [-0.05, 0) is 59.7 Å². The van der Waals surface area contributed by atoms with Crippen LogP contribution in [0, 0.1) is 5.82 Å². The van der Waals surface area contributed by atoms with Crippen molar-refractivity contribution >= 4 is 17.3 Å². The molecule has 0 amide bonds. The third-order valence-corrected chi connectivity index (χ3v) is 3.79. The number of hydrogen-bond acceptors (Lipinski definition) is 3. The molecule has 0 saturated carbocycles. The Labute approximate surface area is 157 Å². The molecular formula is C20H13F4NO3. The Morgan fingerprint density at radius 2 is 1.50 bits per heavy atom. The van der Waals surface area contributed by atoms with Crippen molar-refractivity contribution in [2.24, 2.45) is 0 Å². The van der Waals surface area contributed by atoms with E-state index in [2.05, 4.69) is 10.1 Å². The molecule has 0 aliphatic heterocycles. The van der Waals surface area contributed by atoms with E-state index in [1.54, 1.807) is 12.1 Å². The number of carbonyl (C=O) groups is 1. The van der Waals surface area contributed by atoms with Gasteiger partial charge in [0, 0.05) is 5.69 Å². The minimum absolute atomic E-state index is 0.00917.